The van der Waals surface area contributed by atoms with E-state index in [1.54, 1.807) is 0 Å². The van der Waals surface area contributed by atoms with Gasteiger partial charge in [-0.2, -0.15) is 10.2 Å². The fourth-order valence-electron chi connectivity index (χ4n) is 8.61. The maximum absolute atomic E-state index is 15.3. The summed E-state index contributed by atoms with van der Waals surface area (Å²) in [6.07, 6.45) is 25.3. The molecular weight excluding hydrogens is 554 g/mol. The molecule has 0 unspecified atom stereocenters. The molecule has 4 saturated carbocycles. The van der Waals surface area contributed by atoms with E-state index in [9.17, 15) is 0 Å². The highest BCUT2D eigenvalue weighted by atomic mass is 31.2. The number of rotatable bonds is 9. The quantitative estimate of drug-likeness (QED) is 0.146. The van der Waals surface area contributed by atoms with Crippen molar-refractivity contribution in [2.24, 2.45) is 21.0 Å². The van der Waals surface area contributed by atoms with Gasteiger partial charge in [0.1, 0.15) is 0 Å². The third kappa shape index (κ3) is 8.74. The van der Waals surface area contributed by atoms with Crippen LogP contribution in [0.1, 0.15) is 170 Å². The van der Waals surface area contributed by atoms with Gasteiger partial charge in [0.05, 0.1) is 25.7 Å². The Hall–Kier alpha value is -0.200. The summed E-state index contributed by atoms with van der Waals surface area (Å²) in [6.45, 7) is 13.4. The van der Waals surface area contributed by atoms with Gasteiger partial charge in [-0.25, -0.2) is 0 Å². The van der Waals surface area contributed by atoms with Gasteiger partial charge in [-0.05, 0) is 51.4 Å². The lowest BCUT2D eigenvalue weighted by atomic mass is 9.90. The molecule has 0 spiro atoms. The monoisotopic (exact) mass is 620 g/mol. The predicted molar refractivity (Wildman–Crippen MR) is 186 cm³/mol. The fourth-order valence-corrected chi connectivity index (χ4v) is 17.8. The first-order valence-corrected chi connectivity index (χ1v) is 22.2. The molecule has 4 aliphatic carbocycles. The minimum Gasteiger partial charge on any atom is -0.323 e. The zero-order valence-electron chi connectivity index (χ0n) is 28.5. The van der Waals surface area contributed by atoms with Crippen LogP contribution in [0.15, 0.2) is 10.2 Å². The molecule has 0 aromatic carbocycles. The second-order valence-electron chi connectivity index (χ2n) is 16.8. The molecule has 0 N–H and O–H groups in total. The average Bonchev–Trinajstić information content (AvgIpc) is 2.99. The third-order valence-electron chi connectivity index (χ3n) is 11.6. The first-order valence-electron chi connectivity index (χ1n) is 18.2. The molecule has 4 fully saturated rings. The summed E-state index contributed by atoms with van der Waals surface area (Å²) in [6, 6.07) is 0. The first kappa shape index (κ1) is 34.7. The highest BCUT2D eigenvalue weighted by molar-refractivity contribution is 7.66. The van der Waals surface area contributed by atoms with Crippen LogP contribution in [0.3, 0.4) is 0 Å². The highest BCUT2D eigenvalue weighted by Gasteiger charge is 2.45. The Balaban J connectivity index is 1.70. The summed E-state index contributed by atoms with van der Waals surface area (Å²) >= 11 is 0. The molecule has 6 heteroatoms. The van der Waals surface area contributed by atoms with Crippen LogP contribution in [0, 0.1) is 10.8 Å². The van der Waals surface area contributed by atoms with Gasteiger partial charge in [0.15, 0.2) is 0 Å². The smallest absolute Gasteiger partial charge is 0.0990 e. The van der Waals surface area contributed by atoms with E-state index in [2.05, 4.69) is 41.5 Å². The fraction of sp³-hybridized carbons (Fsp3) is 0.944. The first-order chi connectivity index (χ1) is 19.8. The molecule has 4 rings (SSSR count). The van der Waals surface area contributed by atoms with Crippen molar-refractivity contribution in [1.82, 2.24) is 0 Å². The van der Waals surface area contributed by atoms with E-state index in [1.165, 1.54) is 77.0 Å². The van der Waals surface area contributed by atoms with Crippen LogP contribution in [-0.2, 0) is 9.13 Å². The summed E-state index contributed by atoms with van der Waals surface area (Å²) in [5, 5.41) is 10.2. The SMILES string of the molecule is CC(C)(C)/C(CP(=O)(C1CCCCC1)C1CCCCC1)=N/N=C(\CP(=O)(C1CCCCC1)C1CCCCC1)C(C)(C)C. The lowest BCUT2D eigenvalue weighted by molar-refractivity contribution is 0.448. The lowest BCUT2D eigenvalue weighted by Crippen LogP contribution is -2.33. The number of nitrogens with zero attached hydrogens (tertiary/aromatic N) is 2. The van der Waals surface area contributed by atoms with Crippen LogP contribution in [0.4, 0.5) is 0 Å². The molecule has 0 aliphatic heterocycles. The van der Waals surface area contributed by atoms with Crippen molar-refractivity contribution in [3.05, 3.63) is 0 Å². The van der Waals surface area contributed by atoms with Crippen molar-refractivity contribution in [1.29, 1.82) is 0 Å². The van der Waals surface area contributed by atoms with Crippen molar-refractivity contribution >= 4 is 25.7 Å². The molecule has 0 radical (unpaired) electrons. The van der Waals surface area contributed by atoms with E-state index in [0.29, 0.717) is 35.0 Å². The van der Waals surface area contributed by atoms with E-state index < -0.39 is 14.3 Å². The summed E-state index contributed by atoms with van der Waals surface area (Å²) in [7, 11) is -4.93. The molecule has 4 nitrogen and oxygen atoms in total. The van der Waals surface area contributed by atoms with E-state index in [4.69, 9.17) is 10.2 Å². The van der Waals surface area contributed by atoms with Gasteiger partial charge in [-0.3, -0.25) is 0 Å². The van der Waals surface area contributed by atoms with Gasteiger partial charge in [-0.1, -0.05) is 119 Å². The Labute approximate surface area is 260 Å². The number of hydrogen-bond donors (Lipinski definition) is 0. The van der Waals surface area contributed by atoms with Crippen molar-refractivity contribution < 1.29 is 9.13 Å². The Morgan fingerprint density at radius 2 is 0.667 bits per heavy atom. The Morgan fingerprint density at radius 1 is 0.452 bits per heavy atom. The van der Waals surface area contributed by atoms with Gasteiger partial charge in [-0.15, -0.1) is 0 Å². The second kappa shape index (κ2) is 14.9. The molecule has 4 aliphatic rings. The van der Waals surface area contributed by atoms with E-state index >= 15 is 9.13 Å². The lowest BCUT2D eigenvalue weighted by Gasteiger charge is -2.40. The van der Waals surface area contributed by atoms with Gasteiger partial charge in [0.25, 0.3) is 0 Å². The molecule has 0 heterocycles. The Bertz CT molecular complexity index is 884. The van der Waals surface area contributed by atoms with Crippen LogP contribution < -0.4 is 0 Å². The average molecular weight is 621 g/mol. The van der Waals surface area contributed by atoms with Crippen LogP contribution >= 0.6 is 14.3 Å². The zero-order valence-corrected chi connectivity index (χ0v) is 30.3. The van der Waals surface area contributed by atoms with E-state index in [-0.39, 0.29) is 10.8 Å². The normalized spacial score (nSPS) is 24.7. The molecule has 0 atom stereocenters. The van der Waals surface area contributed by atoms with Crippen molar-refractivity contribution in [3.63, 3.8) is 0 Å². The molecule has 0 bridgehead atoms. The summed E-state index contributed by atoms with van der Waals surface area (Å²) < 4.78 is 30.6. The second-order valence-corrected chi connectivity index (χ2v) is 23.8. The molecule has 0 saturated heterocycles. The maximum atomic E-state index is 15.3. The van der Waals surface area contributed by atoms with Crippen LogP contribution in [0.5, 0.6) is 0 Å². The van der Waals surface area contributed by atoms with Gasteiger partial charge >= 0.3 is 0 Å². The standard InChI is InChI=1S/C36H66N2O2P2/c1-35(2,3)33(27-41(39,29-19-11-7-12-20-29)30-21-13-8-14-22-30)37-38-34(36(4,5)6)28-42(40,31-23-15-9-16-24-31)32-25-17-10-18-26-32/h29-32H,7-28H2,1-6H3/b37-33+,38-34+. The van der Waals surface area contributed by atoms with Gasteiger partial charge < -0.3 is 9.13 Å². The van der Waals surface area contributed by atoms with E-state index in [0.717, 1.165) is 62.8 Å². The molecule has 0 aromatic heterocycles. The largest absolute Gasteiger partial charge is 0.323 e. The molecule has 0 amide bonds. The maximum Gasteiger partial charge on any atom is 0.0990 e. The summed E-state index contributed by atoms with van der Waals surface area (Å²) in [5.74, 6) is 0. The highest BCUT2D eigenvalue weighted by Crippen LogP contribution is 2.64. The molecule has 42 heavy (non-hydrogen) atoms. The minimum atomic E-state index is -2.46. The van der Waals surface area contributed by atoms with Crippen molar-refractivity contribution in [3.8, 4) is 0 Å². The van der Waals surface area contributed by atoms with Crippen LogP contribution in [0.25, 0.3) is 0 Å². The van der Waals surface area contributed by atoms with Crippen molar-refractivity contribution in [2.45, 2.75) is 193 Å². The zero-order chi connectivity index (χ0) is 30.4. The van der Waals surface area contributed by atoms with Crippen LogP contribution in [-0.4, -0.2) is 46.4 Å². The molecule has 0 aromatic rings. The van der Waals surface area contributed by atoms with Crippen molar-refractivity contribution in [2.75, 3.05) is 12.3 Å². The van der Waals surface area contributed by atoms with E-state index in [1.807, 2.05) is 0 Å². The Morgan fingerprint density at radius 3 is 0.857 bits per heavy atom. The van der Waals surface area contributed by atoms with Crippen LogP contribution in [0.2, 0.25) is 0 Å². The summed E-state index contributed by atoms with van der Waals surface area (Å²) in [5.41, 5.74) is 3.13. The topological polar surface area (TPSA) is 58.9 Å². The number of hydrogen-bond acceptors (Lipinski definition) is 4. The van der Waals surface area contributed by atoms with Gasteiger partial charge in [0, 0.05) is 45.8 Å². The Kier molecular flexibility index (Phi) is 12.3. The molecular formula is C36H66N2O2P2. The summed E-state index contributed by atoms with van der Waals surface area (Å²) in [4.78, 5) is 0. The van der Waals surface area contributed by atoms with Gasteiger partial charge in [0.2, 0.25) is 0 Å². The predicted octanol–water partition coefficient (Wildman–Crippen LogP) is 11.9. The molecule has 242 valence electrons. The minimum absolute atomic E-state index is 0.193. The third-order valence-corrected chi connectivity index (χ3v) is 20.2.